The largest absolute Gasteiger partial charge is 0.859 e. The molecule has 0 radical (unpaired) electrons. The minimum Gasteiger partial charge on any atom is -0.859 e. The van der Waals surface area contributed by atoms with E-state index < -0.39 is 23.6 Å². The summed E-state index contributed by atoms with van der Waals surface area (Å²) in [5.41, 5.74) is 1.57. The van der Waals surface area contributed by atoms with E-state index in [1.54, 1.807) is 49.4 Å². The minimum atomic E-state index is -4.56. The summed E-state index contributed by atoms with van der Waals surface area (Å²) in [5, 5.41) is 26.4. The predicted molar refractivity (Wildman–Crippen MR) is 145 cm³/mol. The van der Waals surface area contributed by atoms with Gasteiger partial charge >= 0.3 is 12.1 Å². The summed E-state index contributed by atoms with van der Waals surface area (Å²) in [5.74, 6) is -0.657. The molecule has 0 spiro atoms. The summed E-state index contributed by atoms with van der Waals surface area (Å²) in [7, 11) is 1.46. The molecule has 2 N–H and O–H groups in total. The smallest absolute Gasteiger partial charge is 0.416 e. The van der Waals surface area contributed by atoms with E-state index in [0.29, 0.717) is 51.7 Å². The number of benzene rings is 3. The molecule has 4 rings (SSSR count). The zero-order valence-corrected chi connectivity index (χ0v) is 22.5. The number of rotatable bonds is 10. The van der Waals surface area contributed by atoms with Gasteiger partial charge in [0.25, 0.3) is 0 Å². The summed E-state index contributed by atoms with van der Waals surface area (Å²) in [6.07, 6.45) is -3.89. The number of carboxylic acid groups (broad SMARTS) is 1. The number of hydrogen-bond acceptors (Lipinski definition) is 6. The molecule has 1 heterocycles. The Kier molecular flexibility index (Phi) is 8.68. The maximum Gasteiger partial charge on any atom is 0.416 e. The SMILES string of the molecule is COc1cc(NC(=C([O-])N2CCc3c(C)cc(C(F)(F)F)cc32)c2ccc(Cl)cc2)cc(OCCCC(=O)O)c1. The number of alkyl halides is 3. The Morgan fingerprint density at radius 1 is 1.12 bits per heavy atom. The van der Waals surface area contributed by atoms with Crippen LogP contribution in [0.3, 0.4) is 0 Å². The molecule has 11 heteroatoms. The first kappa shape index (κ1) is 28.9. The lowest BCUT2D eigenvalue weighted by molar-refractivity contribution is -0.303. The normalized spacial score (nSPS) is 13.5. The number of nitrogens with one attached hydrogen (secondary N) is 1. The number of fused-ring (bicyclic) bond motifs is 1. The van der Waals surface area contributed by atoms with Gasteiger partial charge in [0.15, 0.2) is 0 Å². The quantitative estimate of drug-likeness (QED) is 0.223. The van der Waals surface area contributed by atoms with Crippen LogP contribution in [0.15, 0.2) is 60.5 Å². The Morgan fingerprint density at radius 2 is 1.82 bits per heavy atom. The van der Waals surface area contributed by atoms with Crippen molar-refractivity contribution >= 4 is 34.6 Å². The lowest BCUT2D eigenvalue weighted by atomic mass is 10.0. The molecule has 1 aliphatic rings. The van der Waals surface area contributed by atoms with Crippen LogP contribution in [0, 0.1) is 6.92 Å². The molecule has 0 saturated heterocycles. The standard InChI is InChI=1S/C29H28ClF3N2O5/c1-17-12-19(29(31,32)33)13-25-24(17)9-10-35(25)28(38)27(18-5-7-20(30)8-6-18)34-21-14-22(39-2)16-23(15-21)40-11-3-4-26(36)37/h5-8,12-16,34,38H,3-4,9-11H2,1-2H3,(H,36,37)/p-1. The van der Waals surface area contributed by atoms with Crippen LogP contribution in [0.5, 0.6) is 11.5 Å². The highest BCUT2D eigenvalue weighted by Gasteiger charge is 2.34. The van der Waals surface area contributed by atoms with Gasteiger partial charge < -0.3 is 29.9 Å². The number of carbonyl (C=O) groups is 1. The van der Waals surface area contributed by atoms with E-state index in [1.807, 2.05) is 0 Å². The van der Waals surface area contributed by atoms with Gasteiger partial charge in [-0.05, 0) is 66.6 Å². The van der Waals surface area contributed by atoms with Crippen LogP contribution in [0.25, 0.3) is 5.70 Å². The van der Waals surface area contributed by atoms with Gasteiger partial charge in [0.1, 0.15) is 11.5 Å². The summed E-state index contributed by atoms with van der Waals surface area (Å²) in [6.45, 7) is 1.97. The highest BCUT2D eigenvalue weighted by molar-refractivity contribution is 6.30. The monoisotopic (exact) mass is 575 g/mol. The zero-order valence-electron chi connectivity index (χ0n) is 21.8. The minimum absolute atomic E-state index is 0.0507. The predicted octanol–water partition coefficient (Wildman–Crippen LogP) is 6.08. The van der Waals surface area contributed by atoms with Crippen LogP contribution < -0.4 is 24.8 Å². The third-order valence-corrected chi connectivity index (χ3v) is 6.69. The first-order chi connectivity index (χ1) is 19.0. The Hall–Kier alpha value is -4.05. The zero-order chi connectivity index (χ0) is 29.0. The van der Waals surface area contributed by atoms with Crippen molar-refractivity contribution in [3.63, 3.8) is 0 Å². The van der Waals surface area contributed by atoms with Crippen LogP contribution in [0.1, 0.15) is 35.1 Å². The number of ether oxygens (including phenoxy) is 2. The lowest BCUT2D eigenvalue weighted by Gasteiger charge is -2.32. The van der Waals surface area contributed by atoms with Gasteiger partial charge in [-0.25, -0.2) is 0 Å². The van der Waals surface area contributed by atoms with E-state index in [2.05, 4.69) is 5.32 Å². The highest BCUT2D eigenvalue weighted by atomic mass is 35.5. The van der Waals surface area contributed by atoms with Crippen LogP contribution in [0.2, 0.25) is 5.02 Å². The Balaban J connectivity index is 1.75. The molecule has 0 bridgehead atoms. The number of carboxylic acids is 1. The molecule has 0 saturated carbocycles. The summed E-state index contributed by atoms with van der Waals surface area (Å²) < 4.78 is 51.8. The number of aryl methyl sites for hydroxylation is 1. The third-order valence-electron chi connectivity index (χ3n) is 6.43. The number of halogens is 4. The molecule has 3 aromatic rings. The van der Waals surface area contributed by atoms with Crippen molar-refractivity contribution in [1.82, 2.24) is 0 Å². The van der Waals surface area contributed by atoms with Crippen LogP contribution >= 0.6 is 11.6 Å². The maximum absolute atomic E-state index is 14.0. The molecule has 0 amide bonds. The van der Waals surface area contributed by atoms with Gasteiger partial charge in [0.2, 0.25) is 0 Å². The summed E-state index contributed by atoms with van der Waals surface area (Å²) in [4.78, 5) is 12.1. The van der Waals surface area contributed by atoms with Crippen LogP contribution in [0.4, 0.5) is 24.5 Å². The summed E-state index contributed by atoms with van der Waals surface area (Å²) >= 11 is 6.07. The van der Waals surface area contributed by atoms with Gasteiger partial charge in [-0.2, -0.15) is 13.2 Å². The number of anilines is 2. The molecule has 212 valence electrons. The molecule has 0 unspecified atom stereocenters. The number of hydrogen-bond donors (Lipinski definition) is 2. The second-order valence-electron chi connectivity index (χ2n) is 9.25. The average Bonchev–Trinajstić information content (AvgIpc) is 3.34. The summed E-state index contributed by atoms with van der Waals surface area (Å²) in [6, 6.07) is 13.5. The Labute approximate surface area is 234 Å². The van der Waals surface area contributed by atoms with Crippen LogP contribution in [-0.2, 0) is 17.4 Å². The van der Waals surface area contributed by atoms with E-state index in [4.69, 9.17) is 26.2 Å². The van der Waals surface area contributed by atoms with Gasteiger partial charge in [0, 0.05) is 47.6 Å². The molecule has 0 aliphatic carbocycles. The topological polar surface area (TPSA) is 94.1 Å². The molecular weight excluding hydrogens is 549 g/mol. The molecule has 0 atom stereocenters. The Bertz CT molecular complexity index is 1420. The molecule has 0 fully saturated rings. The van der Waals surface area contributed by atoms with Crippen molar-refractivity contribution in [2.24, 2.45) is 0 Å². The van der Waals surface area contributed by atoms with Gasteiger partial charge in [-0.15, -0.1) is 0 Å². The maximum atomic E-state index is 14.0. The molecule has 1 aliphatic heterocycles. The number of methoxy groups -OCH3 is 1. The first-order valence-electron chi connectivity index (χ1n) is 12.4. The van der Waals surface area contributed by atoms with Crippen molar-refractivity contribution in [3.05, 3.63) is 87.8 Å². The Morgan fingerprint density at radius 3 is 2.48 bits per heavy atom. The van der Waals surface area contributed by atoms with E-state index in [9.17, 15) is 23.1 Å². The van der Waals surface area contributed by atoms with E-state index >= 15 is 0 Å². The fourth-order valence-corrected chi connectivity index (χ4v) is 4.61. The fraction of sp³-hybridized carbons (Fsp3) is 0.276. The van der Waals surface area contributed by atoms with Gasteiger partial charge in [0.05, 0.1) is 25.0 Å². The van der Waals surface area contributed by atoms with Crippen molar-refractivity contribution in [2.45, 2.75) is 32.4 Å². The molecule has 7 nitrogen and oxygen atoms in total. The third kappa shape index (κ3) is 6.74. The molecule has 40 heavy (non-hydrogen) atoms. The number of nitrogens with zero attached hydrogens (tertiary/aromatic N) is 1. The van der Waals surface area contributed by atoms with E-state index in [0.717, 1.165) is 12.1 Å². The highest BCUT2D eigenvalue weighted by Crippen LogP contribution is 2.40. The average molecular weight is 576 g/mol. The van der Waals surface area contributed by atoms with Crippen LogP contribution in [-0.4, -0.2) is 31.3 Å². The van der Waals surface area contributed by atoms with Crippen molar-refractivity contribution in [3.8, 4) is 11.5 Å². The number of aliphatic carboxylic acids is 1. The van der Waals surface area contributed by atoms with Crippen molar-refractivity contribution in [1.29, 1.82) is 0 Å². The molecule has 0 aromatic heterocycles. The second-order valence-corrected chi connectivity index (χ2v) is 9.68. The second kappa shape index (κ2) is 12.0. The van der Waals surface area contributed by atoms with Crippen molar-refractivity contribution < 1.29 is 37.7 Å². The molecular formula is C29H27ClF3N2O5-. The van der Waals surface area contributed by atoms with Gasteiger partial charge in [-0.1, -0.05) is 23.7 Å². The van der Waals surface area contributed by atoms with E-state index in [1.165, 1.54) is 12.0 Å². The first-order valence-corrected chi connectivity index (χ1v) is 12.8. The fourth-order valence-electron chi connectivity index (χ4n) is 4.49. The van der Waals surface area contributed by atoms with Crippen molar-refractivity contribution in [2.75, 3.05) is 30.5 Å². The van der Waals surface area contributed by atoms with Gasteiger partial charge in [-0.3, -0.25) is 4.79 Å². The van der Waals surface area contributed by atoms with E-state index in [-0.39, 0.29) is 31.0 Å². The lowest BCUT2D eigenvalue weighted by Crippen LogP contribution is -2.31. The molecule has 3 aromatic carbocycles.